The van der Waals surface area contributed by atoms with Gasteiger partial charge in [0.15, 0.2) is 0 Å². The van der Waals surface area contributed by atoms with Crippen LogP contribution in [0.2, 0.25) is 0 Å². The van der Waals surface area contributed by atoms with Crippen molar-refractivity contribution >= 4 is 23.3 Å². The van der Waals surface area contributed by atoms with E-state index in [1.165, 1.54) is 0 Å². The number of hydrogen-bond donors (Lipinski definition) is 2. The van der Waals surface area contributed by atoms with Crippen LogP contribution in [0.1, 0.15) is 0 Å². The Morgan fingerprint density at radius 1 is 2.00 bits per heavy atom. The molecular formula is C2H4ClN3O. The molecule has 0 aliphatic heterocycles. The summed E-state index contributed by atoms with van der Waals surface area (Å²) in [5.41, 5.74) is 6.67. The molecule has 0 rings (SSSR count). The second-order valence-electron chi connectivity index (χ2n) is 0.681. The minimum atomic E-state index is -0.188. The van der Waals surface area contributed by atoms with Crippen molar-refractivity contribution in [3.63, 3.8) is 0 Å². The number of nitrogens with zero attached hydrogens (tertiary/aromatic N) is 1. The molecule has 7 heavy (non-hydrogen) atoms. The van der Waals surface area contributed by atoms with E-state index in [0.717, 1.165) is 0 Å². The number of nitrogens with two attached hydrogens (primary N) is 1. The number of hydrogen-bond acceptors (Lipinski definition) is 2. The van der Waals surface area contributed by atoms with Crippen LogP contribution in [0.25, 0.3) is 0 Å². The summed E-state index contributed by atoms with van der Waals surface area (Å²) >= 11 is 4.96. The summed E-state index contributed by atoms with van der Waals surface area (Å²) in [5.74, 6) is 0. The first-order chi connectivity index (χ1) is 3.27. The molecular weight excluding hydrogens is 117 g/mol. The van der Waals surface area contributed by atoms with E-state index in [1.807, 2.05) is 5.43 Å². The van der Waals surface area contributed by atoms with Crippen LogP contribution < -0.4 is 11.2 Å². The molecule has 0 aliphatic rings. The molecule has 0 aromatic heterocycles. The maximum atomic E-state index is 9.38. The lowest BCUT2D eigenvalue weighted by Crippen LogP contribution is -2.10. The molecule has 0 spiro atoms. The van der Waals surface area contributed by atoms with Gasteiger partial charge in [0, 0.05) is 0 Å². The predicted molar refractivity (Wildman–Crippen MR) is 26.7 cm³/mol. The van der Waals surface area contributed by atoms with Gasteiger partial charge in [0.05, 0.1) is 0 Å². The summed E-state index contributed by atoms with van der Waals surface area (Å²) in [5, 5.41) is 2.90. The Hall–Kier alpha value is -0.770. The fraction of sp³-hybridized carbons (Fsp3) is 0. The van der Waals surface area contributed by atoms with E-state index in [-0.39, 0.29) is 5.29 Å². The number of amides is 1. The Kier molecular flexibility index (Phi) is 3.04. The first-order valence-corrected chi connectivity index (χ1v) is 1.83. The van der Waals surface area contributed by atoms with E-state index in [1.54, 1.807) is 0 Å². The SMILES string of the molecule is NC(Cl)=NNC=O. The van der Waals surface area contributed by atoms with Crippen LogP contribution in [0.3, 0.4) is 0 Å². The lowest BCUT2D eigenvalue weighted by Gasteiger charge is -1.81. The standard InChI is InChI=1S/C2H4ClN3O/c3-2(4)6-5-1-7/h1H,(H2,4,6)(H,5,7). The maximum Gasteiger partial charge on any atom is 0.227 e. The van der Waals surface area contributed by atoms with Gasteiger partial charge < -0.3 is 5.73 Å². The quantitative estimate of drug-likeness (QED) is 0.165. The van der Waals surface area contributed by atoms with Gasteiger partial charge in [-0.3, -0.25) is 4.79 Å². The molecule has 5 heteroatoms. The van der Waals surface area contributed by atoms with Crippen LogP contribution >= 0.6 is 11.6 Å². The van der Waals surface area contributed by atoms with Gasteiger partial charge in [-0.1, -0.05) is 0 Å². The zero-order valence-corrected chi connectivity index (χ0v) is 4.14. The topological polar surface area (TPSA) is 67.5 Å². The van der Waals surface area contributed by atoms with Crippen LogP contribution in [0.15, 0.2) is 5.10 Å². The summed E-state index contributed by atoms with van der Waals surface area (Å²) in [4.78, 5) is 9.38. The summed E-state index contributed by atoms with van der Waals surface area (Å²) in [6, 6.07) is 0. The minimum absolute atomic E-state index is 0.188. The van der Waals surface area contributed by atoms with Crippen LogP contribution in [0.5, 0.6) is 0 Å². The molecule has 3 N–H and O–H groups in total. The van der Waals surface area contributed by atoms with Crippen molar-refractivity contribution in [3.05, 3.63) is 0 Å². The van der Waals surface area contributed by atoms with Crippen molar-refractivity contribution in [1.82, 2.24) is 5.43 Å². The van der Waals surface area contributed by atoms with E-state index in [2.05, 4.69) is 5.10 Å². The number of carbonyl (C=O) groups is 1. The summed E-state index contributed by atoms with van der Waals surface area (Å²) in [7, 11) is 0. The third-order valence-corrected chi connectivity index (χ3v) is 0.309. The molecule has 0 aliphatic carbocycles. The van der Waals surface area contributed by atoms with Gasteiger partial charge in [-0.15, -0.1) is 5.10 Å². The first-order valence-electron chi connectivity index (χ1n) is 1.45. The monoisotopic (exact) mass is 121 g/mol. The summed E-state index contributed by atoms with van der Waals surface area (Å²) in [6.45, 7) is 0. The van der Waals surface area contributed by atoms with Crippen molar-refractivity contribution in [3.8, 4) is 0 Å². The zero-order valence-electron chi connectivity index (χ0n) is 3.39. The first kappa shape index (κ1) is 6.23. The van der Waals surface area contributed by atoms with Crippen molar-refractivity contribution in [1.29, 1.82) is 0 Å². The largest absolute Gasteiger partial charge is 0.373 e. The van der Waals surface area contributed by atoms with Crippen molar-refractivity contribution in [2.75, 3.05) is 0 Å². The molecule has 4 nitrogen and oxygen atoms in total. The maximum absolute atomic E-state index is 9.38. The van der Waals surface area contributed by atoms with Gasteiger partial charge in [-0.2, -0.15) is 0 Å². The zero-order chi connectivity index (χ0) is 5.70. The molecule has 0 atom stereocenters. The van der Waals surface area contributed by atoms with Gasteiger partial charge in [-0.25, -0.2) is 5.43 Å². The molecule has 0 unspecified atom stereocenters. The average molecular weight is 122 g/mol. The number of nitrogens with one attached hydrogen (secondary N) is 1. The highest BCUT2D eigenvalue weighted by molar-refractivity contribution is 6.64. The second kappa shape index (κ2) is 3.42. The van der Waals surface area contributed by atoms with Gasteiger partial charge in [0.2, 0.25) is 11.7 Å². The van der Waals surface area contributed by atoms with Crippen LogP contribution in [0, 0.1) is 0 Å². The average Bonchev–Trinajstić information content (AvgIpc) is 1.61. The number of halogens is 1. The Labute approximate surface area is 45.3 Å². The molecule has 0 saturated heterocycles. The molecule has 0 radical (unpaired) electrons. The third-order valence-electron chi connectivity index (χ3n) is 0.224. The lowest BCUT2D eigenvalue weighted by atomic mass is 11.3. The van der Waals surface area contributed by atoms with Crippen LogP contribution in [0.4, 0.5) is 0 Å². The fourth-order valence-electron chi connectivity index (χ4n) is 0.0880. The van der Waals surface area contributed by atoms with Crippen molar-refractivity contribution in [2.45, 2.75) is 0 Å². The van der Waals surface area contributed by atoms with Gasteiger partial charge in [-0.05, 0) is 11.6 Å². The highest BCUT2D eigenvalue weighted by Gasteiger charge is 1.74. The van der Waals surface area contributed by atoms with Crippen LogP contribution in [-0.2, 0) is 4.79 Å². The van der Waals surface area contributed by atoms with Crippen molar-refractivity contribution < 1.29 is 4.79 Å². The van der Waals surface area contributed by atoms with E-state index >= 15 is 0 Å². The van der Waals surface area contributed by atoms with Gasteiger partial charge in [0.1, 0.15) is 0 Å². The van der Waals surface area contributed by atoms with E-state index in [0.29, 0.717) is 6.41 Å². The van der Waals surface area contributed by atoms with Gasteiger partial charge >= 0.3 is 0 Å². The van der Waals surface area contributed by atoms with Crippen molar-refractivity contribution in [2.24, 2.45) is 10.8 Å². The highest BCUT2D eigenvalue weighted by atomic mass is 35.5. The third kappa shape index (κ3) is 5.23. The fourth-order valence-corrected chi connectivity index (χ4v) is 0.137. The smallest absolute Gasteiger partial charge is 0.227 e. The van der Waals surface area contributed by atoms with Gasteiger partial charge in [0.25, 0.3) is 0 Å². The number of hydrazone groups is 1. The second-order valence-corrected chi connectivity index (χ2v) is 1.07. The normalized spacial score (nSPS) is 10.7. The molecule has 0 aromatic rings. The Morgan fingerprint density at radius 3 is 2.71 bits per heavy atom. The van der Waals surface area contributed by atoms with E-state index in [4.69, 9.17) is 17.3 Å². The molecule has 0 bridgehead atoms. The lowest BCUT2D eigenvalue weighted by molar-refractivity contribution is -0.109. The highest BCUT2D eigenvalue weighted by Crippen LogP contribution is 1.67. The molecule has 0 fully saturated rings. The number of amidine groups is 1. The number of carbonyl (C=O) groups excluding carboxylic acids is 1. The van der Waals surface area contributed by atoms with Crippen LogP contribution in [-0.4, -0.2) is 11.7 Å². The van der Waals surface area contributed by atoms with E-state index < -0.39 is 0 Å². The summed E-state index contributed by atoms with van der Waals surface area (Å²) < 4.78 is 0. The molecule has 1 amide bonds. The Balaban J connectivity index is 3.25. The summed E-state index contributed by atoms with van der Waals surface area (Å²) in [6.07, 6.45) is 0.370. The molecule has 40 valence electrons. The Bertz CT molecular complexity index is 86.9. The van der Waals surface area contributed by atoms with E-state index in [9.17, 15) is 4.79 Å². The molecule has 0 heterocycles. The molecule has 0 saturated carbocycles. The predicted octanol–water partition coefficient (Wildman–Crippen LogP) is -0.799. The molecule has 0 aromatic carbocycles. The Morgan fingerprint density at radius 2 is 2.57 bits per heavy atom. The number of rotatable bonds is 2. The minimum Gasteiger partial charge on any atom is -0.373 e.